The van der Waals surface area contributed by atoms with Crippen LogP contribution in [-0.2, 0) is 5.54 Å². The Bertz CT molecular complexity index is 707. The van der Waals surface area contributed by atoms with E-state index in [1.807, 2.05) is 0 Å². The van der Waals surface area contributed by atoms with Gasteiger partial charge in [0.25, 0.3) is 5.89 Å². The molecule has 8 heteroatoms. The maximum absolute atomic E-state index is 11.1. The molecule has 0 amide bonds. The summed E-state index contributed by atoms with van der Waals surface area (Å²) in [5.41, 5.74) is 5.96. The Hall–Kier alpha value is -2.48. The molecule has 0 aliphatic heterocycles. The van der Waals surface area contributed by atoms with Gasteiger partial charge in [0.15, 0.2) is 5.82 Å². The van der Waals surface area contributed by atoms with E-state index in [4.69, 9.17) is 15.0 Å². The largest absolute Gasteiger partial charge is 0.490 e. The summed E-state index contributed by atoms with van der Waals surface area (Å²) in [5, 5.41) is 15.0. The Labute approximate surface area is 126 Å². The maximum atomic E-state index is 11.1. The minimum Gasteiger partial charge on any atom is -0.490 e. The number of nitrogens with zero attached hydrogens (tertiary/aromatic N) is 3. The summed E-state index contributed by atoms with van der Waals surface area (Å²) in [4.78, 5) is 14.9. The Morgan fingerprint density at radius 1 is 1.41 bits per heavy atom. The molecule has 2 N–H and O–H groups in total. The molecule has 1 aliphatic carbocycles. The van der Waals surface area contributed by atoms with E-state index in [1.54, 1.807) is 12.1 Å². The number of ether oxygens (including phenoxy) is 1. The Balaban J connectivity index is 2.04. The lowest BCUT2D eigenvalue weighted by atomic mass is 9.98. The summed E-state index contributed by atoms with van der Waals surface area (Å²) in [5.74, 6) is 0.709. The topological polar surface area (TPSA) is 117 Å². The molecule has 116 valence electrons. The standard InChI is InChI=1S/C14H16N4O4/c1-21-11-9(5-4-6-10(11)18(19)20)12-16-13(17-22-12)14(15)7-2-3-8-14/h4-6H,2-3,7-8,15H2,1H3. The second-order valence-corrected chi connectivity index (χ2v) is 5.40. The van der Waals surface area contributed by atoms with E-state index >= 15 is 0 Å². The van der Waals surface area contributed by atoms with Crippen molar-refractivity contribution in [1.29, 1.82) is 0 Å². The quantitative estimate of drug-likeness (QED) is 0.680. The molecule has 1 aliphatic rings. The average Bonchev–Trinajstić information content (AvgIpc) is 3.16. The van der Waals surface area contributed by atoms with Gasteiger partial charge in [0, 0.05) is 6.07 Å². The molecule has 8 nitrogen and oxygen atoms in total. The van der Waals surface area contributed by atoms with Crippen molar-refractivity contribution in [2.75, 3.05) is 7.11 Å². The third-order valence-electron chi connectivity index (χ3n) is 3.99. The first kappa shape index (κ1) is 14.5. The second-order valence-electron chi connectivity index (χ2n) is 5.40. The van der Waals surface area contributed by atoms with Crippen LogP contribution >= 0.6 is 0 Å². The number of hydrogen-bond donors (Lipinski definition) is 1. The third-order valence-corrected chi connectivity index (χ3v) is 3.99. The fraction of sp³-hybridized carbons (Fsp3) is 0.429. The van der Waals surface area contributed by atoms with Crippen molar-refractivity contribution >= 4 is 5.69 Å². The highest BCUT2D eigenvalue weighted by Gasteiger charge is 2.36. The molecule has 22 heavy (non-hydrogen) atoms. The van der Waals surface area contributed by atoms with E-state index in [0.717, 1.165) is 25.7 Å². The molecule has 2 aromatic rings. The average molecular weight is 304 g/mol. The number of benzene rings is 1. The Kier molecular flexibility index (Phi) is 3.53. The van der Waals surface area contributed by atoms with Crippen molar-refractivity contribution in [3.05, 3.63) is 34.1 Å². The number of methoxy groups -OCH3 is 1. The van der Waals surface area contributed by atoms with Gasteiger partial charge in [-0.05, 0) is 18.9 Å². The van der Waals surface area contributed by atoms with Crippen LogP contribution in [-0.4, -0.2) is 22.2 Å². The molecule has 1 heterocycles. The molecule has 1 aromatic heterocycles. The number of aromatic nitrogens is 2. The van der Waals surface area contributed by atoms with Crippen molar-refractivity contribution in [1.82, 2.24) is 10.1 Å². The summed E-state index contributed by atoms with van der Waals surface area (Å²) in [6.45, 7) is 0. The highest BCUT2D eigenvalue weighted by atomic mass is 16.6. The minimum absolute atomic E-state index is 0.0974. The van der Waals surface area contributed by atoms with Gasteiger partial charge in [0.05, 0.1) is 23.1 Å². The molecule has 0 spiro atoms. The van der Waals surface area contributed by atoms with Crippen LogP contribution < -0.4 is 10.5 Å². The van der Waals surface area contributed by atoms with E-state index in [9.17, 15) is 10.1 Å². The van der Waals surface area contributed by atoms with Gasteiger partial charge in [-0.25, -0.2) is 0 Å². The fourth-order valence-electron chi connectivity index (χ4n) is 2.82. The van der Waals surface area contributed by atoms with Crippen LogP contribution in [0.15, 0.2) is 22.7 Å². The number of hydrogen-bond acceptors (Lipinski definition) is 7. The molecule has 1 fully saturated rings. The molecule has 0 atom stereocenters. The summed E-state index contributed by atoms with van der Waals surface area (Å²) in [6, 6.07) is 4.55. The monoisotopic (exact) mass is 304 g/mol. The molecule has 3 rings (SSSR count). The van der Waals surface area contributed by atoms with Gasteiger partial charge >= 0.3 is 5.69 Å². The van der Waals surface area contributed by atoms with E-state index < -0.39 is 10.5 Å². The van der Waals surface area contributed by atoms with Gasteiger partial charge in [-0.2, -0.15) is 4.98 Å². The van der Waals surface area contributed by atoms with Crippen LogP contribution in [0.25, 0.3) is 11.5 Å². The number of para-hydroxylation sites is 1. The fourth-order valence-corrected chi connectivity index (χ4v) is 2.82. The van der Waals surface area contributed by atoms with Crippen LogP contribution in [0.3, 0.4) is 0 Å². The van der Waals surface area contributed by atoms with Crippen LogP contribution in [0.1, 0.15) is 31.5 Å². The Morgan fingerprint density at radius 3 is 2.77 bits per heavy atom. The zero-order valence-corrected chi connectivity index (χ0v) is 12.1. The molecule has 1 aromatic carbocycles. The third kappa shape index (κ3) is 2.31. The van der Waals surface area contributed by atoms with Crippen LogP contribution in [0.2, 0.25) is 0 Å². The highest BCUT2D eigenvalue weighted by molar-refractivity contribution is 5.70. The van der Waals surface area contributed by atoms with Gasteiger partial charge in [-0.3, -0.25) is 10.1 Å². The van der Waals surface area contributed by atoms with E-state index in [2.05, 4.69) is 10.1 Å². The van der Waals surface area contributed by atoms with Crippen molar-refractivity contribution in [2.24, 2.45) is 5.73 Å². The lowest BCUT2D eigenvalue weighted by Gasteiger charge is -2.17. The van der Waals surface area contributed by atoms with E-state index in [1.165, 1.54) is 13.2 Å². The zero-order valence-electron chi connectivity index (χ0n) is 12.1. The first-order valence-corrected chi connectivity index (χ1v) is 7.00. The van der Waals surface area contributed by atoms with Gasteiger partial charge in [-0.1, -0.05) is 24.1 Å². The molecular formula is C14H16N4O4. The maximum Gasteiger partial charge on any atom is 0.311 e. The van der Waals surface area contributed by atoms with Crippen LogP contribution in [0.4, 0.5) is 5.69 Å². The molecular weight excluding hydrogens is 288 g/mol. The molecule has 0 saturated heterocycles. The lowest BCUT2D eigenvalue weighted by Crippen LogP contribution is -2.34. The van der Waals surface area contributed by atoms with Gasteiger partial charge < -0.3 is 15.0 Å². The minimum atomic E-state index is -0.574. The number of nitro groups is 1. The number of nitro benzene ring substituents is 1. The van der Waals surface area contributed by atoms with Gasteiger partial charge in [0.1, 0.15) is 0 Å². The SMILES string of the molecule is COc1c(-c2nc(C3(N)CCCC3)no2)cccc1[N+](=O)[O-]. The summed E-state index contributed by atoms with van der Waals surface area (Å²) < 4.78 is 10.4. The van der Waals surface area contributed by atoms with Crippen molar-refractivity contribution in [3.8, 4) is 17.2 Å². The predicted molar refractivity (Wildman–Crippen MR) is 77.3 cm³/mol. The number of nitrogens with two attached hydrogens (primary N) is 1. The first-order valence-electron chi connectivity index (χ1n) is 7.00. The molecule has 0 bridgehead atoms. The summed E-state index contributed by atoms with van der Waals surface area (Å²) >= 11 is 0. The highest BCUT2D eigenvalue weighted by Crippen LogP contribution is 2.39. The van der Waals surface area contributed by atoms with Crippen molar-refractivity contribution in [2.45, 2.75) is 31.2 Å². The van der Waals surface area contributed by atoms with Crippen molar-refractivity contribution in [3.63, 3.8) is 0 Å². The van der Waals surface area contributed by atoms with Gasteiger partial charge in [-0.15, -0.1) is 0 Å². The second kappa shape index (κ2) is 5.38. The molecule has 0 radical (unpaired) electrons. The van der Waals surface area contributed by atoms with Crippen molar-refractivity contribution < 1.29 is 14.2 Å². The van der Waals surface area contributed by atoms with Crippen LogP contribution in [0, 0.1) is 10.1 Å². The molecule has 1 saturated carbocycles. The number of rotatable bonds is 4. The van der Waals surface area contributed by atoms with Crippen LogP contribution in [0.5, 0.6) is 5.75 Å². The Morgan fingerprint density at radius 2 is 2.14 bits per heavy atom. The molecule has 0 unspecified atom stereocenters. The first-order chi connectivity index (χ1) is 10.5. The normalized spacial score (nSPS) is 16.6. The van der Waals surface area contributed by atoms with E-state index in [-0.39, 0.29) is 17.3 Å². The predicted octanol–water partition coefficient (Wildman–Crippen LogP) is 2.38. The van der Waals surface area contributed by atoms with Gasteiger partial charge in [0.2, 0.25) is 5.75 Å². The smallest absolute Gasteiger partial charge is 0.311 e. The zero-order chi connectivity index (χ0) is 15.7. The summed E-state index contributed by atoms with van der Waals surface area (Å²) in [6.07, 6.45) is 3.66. The summed E-state index contributed by atoms with van der Waals surface area (Å²) in [7, 11) is 1.37. The lowest BCUT2D eigenvalue weighted by molar-refractivity contribution is -0.385. The van der Waals surface area contributed by atoms with E-state index in [0.29, 0.717) is 11.4 Å².